The number of hydrogen-bond acceptors (Lipinski definition) is 5. The van der Waals surface area contributed by atoms with Crippen LogP contribution in [0.15, 0.2) is 54.7 Å². The van der Waals surface area contributed by atoms with Gasteiger partial charge in [0, 0.05) is 11.6 Å². The lowest BCUT2D eigenvalue weighted by Crippen LogP contribution is -2.47. The van der Waals surface area contributed by atoms with Crippen LogP contribution in [0.1, 0.15) is 29.8 Å². The van der Waals surface area contributed by atoms with Crippen molar-refractivity contribution in [2.24, 2.45) is 5.92 Å². The fourth-order valence-corrected chi connectivity index (χ4v) is 3.63. The van der Waals surface area contributed by atoms with Crippen LogP contribution >= 0.6 is 11.6 Å². The smallest absolute Gasteiger partial charge is 0.253 e. The van der Waals surface area contributed by atoms with E-state index in [1.54, 1.807) is 55.4 Å². The number of nitrogens with zero attached hydrogens (tertiary/aromatic N) is 2. The summed E-state index contributed by atoms with van der Waals surface area (Å²) in [4.78, 5) is 25.8. The van der Waals surface area contributed by atoms with Crippen molar-refractivity contribution < 1.29 is 19.1 Å². The summed E-state index contributed by atoms with van der Waals surface area (Å²) >= 11 is 6.13. The molecule has 3 rings (SSSR count). The summed E-state index contributed by atoms with van der Waals surface area (Å²) in [7, 11) is 3.15. The van der Waals surface area contributed by atoms with Gasteiger partial charge in [-0.05, 0) is 24.1 Å². The van der Waals surface area contributed by atoms with Crippen molar-refractivity contribution >= 4 is 29.2 Å². The average molecular weight is 471 g/mol. The second-order valence-electron chi connectivity index (χ2n) is 7.69. The second-order valence-corrected chi connectivity index (χ2v) is 8.10. The number of amides is 2. The van der Waals surface area contributed by atoms with Crippen molar-refractivity contribution in [1.29, 1.82) is 0 Å². The van der Waals surface area contributed by atoms with Gasteiger partial charge < -0.3 is 20.1 Å². The molecule has 0 aliphatic carbocycles. The molecule has 1 heterocycles. The molecule has 0 spiro atoms. The summed E-state index contributed by atoms with van der Waals surface area (Å²) in [6.45, 7) is 4.06. The summed E-state index contributed by atoms with van der Waals surface area (Å²) in [5.74, 6) is 0.761. The van der Waals surface area contributed by atoms with Crippen LogP contribution in [0.3, 0.4) is 0 Å². The van der Waals surface area contributed by atoms with Gasteiger partial charge in [0.05, 0.1) is 37.5 Å². The Morgan fingerprint density at radius 2 is 1.82 bits per heavy atom. The summed E-state index contributed by atoms with van der Waals surface area (Å²) in [6.07, 6.45) is 1.59. The van der Waals surface area contributed by atoms with Gasteiger partial charge in [-0.25, -0.2) is 4.68 Å². The summed E-state index contributed by atoms with van der Waals surface area (Å²) in [5, 5.41) is 10.3. The van der Waals surface area contributed by atoms with Crippen molar-refractivity contribution in [3.63, 3.8) is 0 Å². The van der Waals surface area contributed by atoms with Gasteiger partial charge in [0.15, 0.2) is 11.5 Å². The number of rotatable bonds is 9. The highest BCUT2D eigenvalue weighted by Gasteiger charge is 2.26. The lowest BCUT2D eigenvalue weighted by molar-refractivity contribution is -0.118. The number of anilines is 1. The number of carbonyl (C=O) groups excluding carboxylic acids is 2. The minimum absolute atomic E-state index is 0.161. The first kappa shape index (κ1) is 24.1. The molecule has 2 amide bonds. The maximum Gasteiger partial charge on any atom is 0.253 e. The minimum Gasteiger partial charge on any atom is -0.493 e. The highest BCUT2D eigenvalue weighted by atomic mass is 35.5. The molecule has 2 aromatic carbocycles. The number of ether oxygens (including phenoxy) is 2. The van der Waals surface area contributed by atoms with E-state index in [0.717, 1.165) is 5.56 Å². The zero-order chi connectivity index (χ0) is 24.0. The van der Waals surface area contributed by atoms with E-state index in [1.165, 1.54) is 0 Å². The monoisotopic (exact) mass is 470 g/mol. The molecule has 0 saturated carbocycles. The summed E-state index contributed by atoms with van der Waals surface area (Å²) in [6, 6.07) is 13.2. The van der Waals surface area contributed by atoms with Gasteiger partial charge in [0.25, 0.3) is 5.91 Å². The van der Waals surface area contributed by atoms with E-state index in [1.807, 2.05) is 32.0 Å². The Labute approximate surface area is 197 Å². The average Bonchev–Trinajstić information content (AvgIpc) is 3.23. The van der Waals surface area contributed by atoms with Crippen LogP contribution in [0, 0.1) is 5.92 Å². The first-order valence-corrected chi connectivity index (χ1v) is 10.8. The van der Waals surface area contributed by atoms with E-state index < -0.39 is 11.9 Å². The van der Waals surface area contributed by atoms with Gasteiger partial charge in [0.1, 0.15) is 11.9 Å². The molecule has 8 nitrogen and oxygen atoms in total. The van der Waals surface area contributed by atoms with Crippen LogP contribution < -0.4 is 20.1 Å². The van der Waals surface area contributed by atoms with Crippen LogP contribution in [-0.4, -0.2) is 41.9 Å². The molecular weight excluding hydrogens is 444 g/mol. The molecule has 2 N–H and O–H groups in total. The molecule has 1 aromatic heterocycles. The third kappa shape index (κ3) is 5.64. The van der Waals surface area contributed by atoms with Crippen molar-refractivity contribution in [1.82, 2.24) is 15.1 Å². The van der Waals surface area contributed by atoms with Gasteiger partial charge in [0.2, 0.25) is 5.91 Å². The van der Waals surface area contributed by atoms with Gasteiger partial charge in [-0.15, -0.1) is 0 Å². The quantitative estimate of drug-likeness (QED) is 0.493. The highest BCUT2D eigenvalue weighted by molar-refractivity contribution is 6.33. The number of nitrogens with one attached hydrogen (secondary N) is 2. The minimum atomic E-state index is -0.775. The van der Waals surface area contributed by atoms with E-state index >= 15 is 0 Å². The molecule has 3 aromatic rings. The van der Waals surface area contributed by atoms with Crippen molar-refractivity contribution in [2.45, 2.75) is 26.4 Å². The third-order valence-corrected chi connectivity index (χ3v) is 5.46. The molecule has 33 heavy (non-hydrogen) atoms. The van der Waals surface area contributed by atoms with Crippen molar-refractivity contribution in [2.75, 3.05) is 19.5 Å². The Morgan fingerprint density at radius 3 is 2.48 bits per heavy atom. The fraction of sp³-hybridized carbons (Fsp3) is 0.292. The molecule has 1 atom stereocenters. The third-order valence-electron chi connectivity index (χ3n) is 5.13. The predicted octanol–water partition coefficient (Wildman–Crippen LogP) is 4.00. The summed E-state index contributed by atoms with van der Waals surface area (Å²) in [5.41, 5.74) is 1.15. The molecule has 0 aliphatic rings. The van der Waals surface area contributed by atoms with E-state index in [9.17, 15) is 9.59 Å². The first-order chi connectivity index (χ1) is 15.8. The van der Waals surface area contributed by atoms with Crippen LogP contribution in [0.25, 0.3) is 0 Å². The Morgan fingerprint density at radius 1 is 1.06 bits per heavy atom. The Kier molecular flexibility index (Phi) is 7.95. The number of aromatic nitrogens is 2. The van der Waals surface area contributed by atoms with E-state index in [2.05, 4.69) is 15.7 Å². The maximum atomic E-state index is 13.1. The van der Waals surface area contributed by atoms with Crippen LogP contribution in [0.5, 0.6) is 11.5 Å². The highest BCUT2D eigenvalue weighted by Crippen LogP contribution is 2.31. The maximum absolute atomic E-state index is 13.1. The van der Waals surface area contributed by atoms with Crippen molar-refractivity contribution in [3.8, 4) is 11.5 Å². The topological polar surface area (TPSA) is 94.5 Å². The van der Waals surface area contributed by atoms with Gasteiger partial charge in [-0.3, -0.25) is 9.59 Å². The normalized spacial score (nSPS) is 11.7. The lowest BCUT2D eigenvalue weighted by Gasteiger charge is -2.22. The van der Waals surface area contributed by atoms with Crippen LogP contribution in [-0.2, 0) is 11.3 Å². The fourth-order valence-electron chi connectivity index (χ4n) is 3.41. The molecule has 0 aliphatic heterocycles. The van der Waals surface area contributed by atoms with Gasteiger partial charge in [-0.2, -0.15) is 5.10 Å². The number of hydrogen-bond donors (Lipinski definition) is 2. The lowest BCUT2D eigenvalue weighted by atomic mass is 10.0. The number of para-hydroxylation sites is 1. The Hall–Kier alpha value is -3.52. The molecule has 174 valence electrons. The van der Waals surface area contributed by atoms with Crippen molar-refractivity contribution in [3.05, 3.63) is 70.9 Å². The molecule has 0 saturated heterocycles. The Bertz CT molecular complexity index is 1130. The zero-order valence-corrected chi connectivity index (χ0v) is 19.7. The largest absolute Gasteiger partial charge is 0.493 e. The number of benzene rings is 2. The SMILES string of the molecule is COc1cccc(Cn2nccc2NC(=O)[C@@H](NC(=O)c2ccccc2Cl)C(C)C)c1OC. The predicted molar refractivity (Wildman–Crippen MR) is 127 cm³/mol. The molecule has 0 bridgehead atoms. The van der Waals surface area contributed by atoms with Gasteiger partial charge >= 0.3 is 0 Å². The molecule has 0 radical (unpaired) electrons. The number of halogens is 1. The number of carbonyl (C=O) groups is 2. The molecular formula is C24H27ClN4O4. The standard InChI is InChI=1S/C24H27ClN4O4/c1-15(2)21(28-23(30)17-9-5-6-10-18(17)25)24(31)27-20-12-13-26-29(20)14-16-8-7-11-19(32-3)22(16)33-4/h5-13,15,21H,14H2,1-4H3,(H,27,31)(H,28,30)/t21-/m0/s1. The molecule has 0 fully saturated rings. The second kappa shape index (κ2) is 10.9. The van der Waals surface area contributed by atoms with Crippen LogP contribution in [0.2, 0.25) is 5.02 Å². The van der Waals surface area contributed by atoms with E-state index in [-0.39, 0.29) is 11.8 Å². The van der Waals surface area contributed by atoms with Gasteiger partial charge in [-0.1, -0.05) is 49.7 Å². The van der Waals surface area contributed by atoms with Crippen LogP contribution in [0.4, 0.5) is 5.82 Å². The Balaban J connectivity index is 1.77. The first-order valence-electron chi connectivity index (χ1n) is 10.4. The zero-order valence-electron chi connectivity index (χ0n) is 19.0. The molecule has 0 unspecified atom stereocenters. The molecule has 9 heteroatoms. The van der Waals surface area contributed by atoms with E-state index in [4.69, 9.17) is 21.1 Å². The van der Waals surface area contributed by atoms with E-state index in [0.29, 0.717) is 34.4 Å². The summed E-state index contributed by atoms with van der Waals surface area (Å²) < 4.78 is 12.5. The number of methoxy groups -OCH3 is 2.